The highest BCUT2D eigenvalue weighted by atomic mass is 19.1. The van der Waals surface area contributed by atoms with Gasteiger partial charge in [0.2, 0.25) is 0 Å². The second kappa shape index (κ2) is 7.08. The number of rotatable bonds is 5. The molecule has 1 saturated heterocycles. The van der Waals surface area contributed by atoms with E-state index >= 15 is 4.39 Å². The maximum atomic E-state index is 15.1. The van der Waals surface area contributed by atoms with Crippen molar-refractivity contribution in [1.82, 2.24) is 4.90 Å². The number of β-amino-alcohol motifs (C(OH)–C–C–N with tert-alkyl or cyclic N) is 1. The molecule has 4 nitrogen and oxygen atoms in total. The van der Waals surface area contributed by atoms with Crippen LogP contribution in [0.3, 0.4) is 0 Å². The van der Waals surface area contributed by atoms with Gasteiger partial charge in [-0.3, -0.25) is 4.79 Å². The van der Waals surface area contributed by atoms with Gasteiger partial charge in [0.25, 0.3) is 5.91 Å². The Morgan fingerprint density at radius 2 is 2.07 bits per heavy atom. The van der Waals surface area contributed by atoms with E-state index in [9.17, 15) is 9.90 Å². The van der Waals surface area contributed by atoms with Gasteiger partial charge in [0, 0.05) is 30.0 Å². The first kappa shape index (κ1) is 20.0. The molecular weight excluding hydrogens is 381 g/mol. The molecule has 1 amide bonds. The van der Waals surface area contributed by atoms with Crippen molar-refractivity contribution in [3.63, 3.8) is 0 Å². The van der Waals surface area contributed by atoms with Crippen LogP contribution in [-0.4, -0.2) is 41.2 Å². The van der Waals surface area contributed by atoms with Crippen molar-refractivity contribution in [2.45, 2.75) is 70.9 Å². The van der Waals surface area contributed by atoms with Crippen molar-refractivity contribution in [1.29, 1.82) is 0 Å². The number of ether oxygens (including phenoxy) is 1. The highest BCUT2D eigenvalue weighted by molar-refractivity contribution is 5.95. The van der Waals surface area contributed by atoms with E-state index in [1.54, 1.807) is 16.5 Å². The van der Waals surface area contributed by atoms with Crippen LogP contribution in [0.4, 0.5) is 4.39 Å². The molecule has 5 heteroatoms. The van der Waals surface area contributed by atoms with Gasteiger partial charge < -0.3 is 14.7 Å². The lowest BCUT2D eigenvalue weighted by atomic mass is 9.79. The van der Waals surface area contributed by atoms with Gasteiger partial charge in [-0.25, -0.2) is 4.39 Å². The van der Waals surface area contributed by atoms with Crippen molar-refractivity contribution in [2.24, 2.45) is 17.3 Å². The molecule has 0 radical (unpaired) electrons. The molecule has 5 rings (SSSR count). The Morgan fingerprint density at radius 1 is 1.30 bits per heavy atom. The number of carbonyl (C=O) groups is 1. The zero-order valence-corrected chi connectivity index (χ0v) is 18.2. The number of halogens is 1. The fourth-order valence-corrected chi connectivity index (χ4v) is 5.24. The highest BCUT2D eigenvalue weighted by Gasteiger charge is 2.42. The third kappa shape index (κ3) is 3.55. The molecule has 1 aromatic carbocycles. The predicted octanol–water partition coefficient (Wildman–Crippen LogP) is 4.67. The minimum atomic E-state index is -0.560. The quantitative estimate of drug-likeness (QED) is 0.714. The first-order valence-corrected chi connectivity index (χ1v) is 11.4. The van der Waals surface area contributed by atoms with E-state index in [1.807, 2.05) is 13.8 Å². The molecule has 0 bridgehead atoms. The molecule has 1 heterocycles. The first-order chi connectivity index (χ1) is 14.3. The van der Waals surface area contributed by atoms with Gasteiger partial charge in [-0.2, -0.15) is 0 Å². The Bertz CT molecular complexity index is 908. The summed E-state index contributed by atoms with van der Waals surface area (Å²) in [4.78, 5) is 14.7. The smallest absolute Gasteiger partial charge is 0.257 e. The fourth-order valence-electron chi connectivity index (χ4n) is 5.24. The largest absolute Gasteiger partial charge is 0.493 e. The fraction of sp³-hybridized carbons (Fsp3) is 0.640. The topological polar surface area (TPSA) is 49.8 Å². The van der Waals surface area contributed by atoms with Crippen LogP contribution >= 0.6 is 0 Å². The first-order valence-electron chi connectivity index (χ1n) is 11.4. The standard InChI is InChI=1S/C25H32FNO3/c1-14-15(2)27(12-22(14)28)24(29)20-9-19(16-4-5-16)23(10-21(20)26)30-13-25(3)7-6-17-8-18(17)11-25/h6,9-10,14-16,18,22,28H,4-5,7-8,11-13H2,1-3H3/t14-,15+,18?,22+,25?/m0/s1. The number of nitrogens with zero attached hydrogens (tertiary/aromatic N) is 1. The van der Waals surface area contributed by atoms with E-state index in [2.05, 4.69) is 13.0 Å². The molecule has 5 atom stereocenters. The normalized spacial score (nSPS) is 35.1. The van der Waals surface area contributed by atoms with Gasteiger partial charge in [-0.05, 0) is 62.5 Å². The molecule has 1 aromatic rings. The molecule has 0 spiro atoms. The number of likely N-dealkylation sites (tertiary alicyclic amines) is 1. The summed E-state index contributed by atoms with van der Waals surface area (Å²) in [6, 6.07) is 3.03. The Hall–Kier alpha value is -1.88. The number of hydrogen-bond donors (Lipinski definition) is 1. The minimum Gasteiger partial charge on any atom is -0.493 e. The van der Waals surface area contributed by atoms with Crippen molar-refractivity contribution in [2.75, 3.05) is 13.2 Å². The molecule has 2 saturated carbocycles. The number of fused-ring (bicyclic) bond motifs is 1. The summed E-state index contributed by atoms with van der Waals surface area (Å²) in [5.41, 5.74) is 2.75. The molecule has 2 unspecified atom stereocenters. The monoisotopic (exact) mass is 413 g/mol. The number of aliphatic hydroxyl groups excluding tert-OH is 1. The molecule has 30 heavy (non-hydrogen) atoms. The maximum Gasteiger partial charge on any atom is 0.257 e. The van der Waals surface area contributed by atoms with Crippen molar-refractivity contribution < 1.29 is 19.0 Å². The van der Waals surface area contributed by atoms with Crippen LogP contribution in [0.2, 0.25) is 0 Å². The Kier molecular flexibility index (Phi) is 4.73. The third-order valence-electron chi connectivity index (χ3n) is 7.87. The zero-order chi connectivity index (χ0) is 21.2. The zero-order valence-electron chi connectivity index (χ0n) is 18.2. The van der Waals surface area contributed by atoms with Crippen molar-refractivity contribution in [3.8, 4) is 5.75 Å². The van der Waals surface area contributed by atoms with Crippen LogP contribution in [0.15, 0.2) is 23.8 Å². The molecular formula is C25H32FNO3. The lowest BCUT2D eigenvalue weighted by Gasteiger charge is -2.31. The lowest BCUT2D eigenvalue weighted by Crippen LogP contribution is -2.36. The Labute approximate surface area is 178 Å². The summed E-state index contributed by atoms with van der Waals surface area (Å²) in [5, 5.41) is 10.1. The molecule has 4 aliphatic rings. The van der Waals surface area contributed by atoms with E-state index in [-0.39, 0.29) is 35.4 Å². The van der Waals surface area contributed by atoms with E-state index < -0.39 is 11.9 Å². The average Bonchev–Trinajstić information content (AvgIpc) is 3.62. The average molecular weight is 414 g/mol. The van der Waals surface area contributed by atoms with Gasteiger partial charge >= 0.3 is 0 Å². The summed E-state index contributed by atoms with van der Waals surface area (Å²) in [6.45, 7) is 6.93. The molecule has 1 aliphatic heterocycles. The van der Waals surface area contributed by atoms with Crippen LogP contribution in [0.5, 0.6) is 5.75 Å². The summed E-state index contributed by atoms with van der Waals surface area (Å²) in [5.74, 6) is 0.802. The third-order valence-corrected chi connectivity index (χ3v) is 7.87. The number of carbonyl (C=O) groups excluding carboxylic acids is 1. The molecule has 1 N–H and O–H groups in total. The molecule has 3 aliphatic carbocycles. The number of aliphatic hydroxyl groups is 1. The van der Waals surface area contributed by atoms with Gasteiger partial charge in [0.15, 0.2) is 0 Å². The summed E-state index contributed by atoms with van der Waals surface area (Å²) < 4.78 is 21.3. The Balaban J connectivity index is 1.37. The van der Waals surface area contributed by atoms with Crippen molar-refractivity contribution in [3.05, 3.63) is 40.7 Å². The highest BCUT2D eigenvalue weighted by Crippen LogP contribution is 2.52. The van der Waals surface area contributed by atoms with Crippen LogP contribution in [0, 0.1) is 23.1 Å². The second-order valence-electron chi connectivity index (χ2n) is 10.5. The van der Waals surface area contributed by atoms with Crippen LogP contribution in [0.25, 0.3) is 0 Å². The van der Waals surface area contributed by atoms with E-state index in [1.165, 1.54) is 12.5 Å². The lowest BCUT2D eigenvalue weighted by molar-refractivity contribution is 0.0719. The molecule has 162 valence electrons. The van der Waals surface area contributed by atoms with E-state index in [0.29, 0.717) is 18.3 Å². The number of benzene rings is 1. The van der Waals surface area contributed by atoms with Crippen molar-refractivity contribution >= 4 is 5.91 Å². The van der Waals surface area contributed by atoms with Crippen LogP contribution in [-0.2, 0) is 0 Å². The SMILES string of the molecule is C[C@@H]1[C@H](O)CN(C(=O)c2cc(C3CC3)c(OCC3(C)CC=C4CC4C3)cc2F)[C@@H]1C. The summed E-state index contributed by atoms with van der Waals surface area (Å²) >= 11 is 0. The van der Waals surface area contributed by atoms with E-state index in [0.717, 1.165) is 37.2 Å². The molecule has 3 fully saturated rings. The summed E-state index contributed by atoms with van der Waals surface area (Å²) in [6.07, 6.45) is 7.29. The van der Waals surface area contributed by atoms with E-state index in [4.69, 9.17) is 4.74 Å². The van der Waals surface area contributed by atoms with Gasteiger partial charge in [-0.15, -0.1) is 0 Å². The van der Waals surface area contributed by atoms with Gasteiger partial charge in [-0.1, -0.05) is 25.5 Å². The number of amides is 1. The summed E-state index contributed by atoms with van der Waals surface area (Å²) in [7, 11) is 0. The van der Waals surface area contributed by atoms with Gasteiger partial charge in [0.1, 0.15) is 11.6 Å². The minimum absolute atomic E-state index is 0.0141. The second-order valence-corrected chi connectivity index (χ2v) is 10.5. The number of hydrogen-bond acceptors (Lipinski definition) is 3. The van der Waals surface area contributed by atoms with Gasteiger partial charge in [0.05, 0.1) is 18.3 Å². The molecule has 0 aromatic heterocycles. The van der Waals surface area contributed by atoms with Crippen LogP contribution < -0.4 is 4.74 Å². The predicted molar refractivity (Wildman–Crippen MR) is 113 cm³/mol. The Morgan fingerprint density at radius 3 is 2.70 bits per heavy atom. The maximum absolute atomic E-state index is 15.1. The van der Waals surface area contributed by atoms with Crippen LogP contribution in [0.1, 0.15) is 74.7 Å². The number of allylic oxidation sites excluding steroid dienone is 2.